The molecule has 1 heterocycles. The lowest BCUT2D eigenvalue weighted by molar-refractivity contribution is 0.373. The van der Waals surface area contributed by atoms with Crippen LogP contribution in [0.15, 0.2) is 22.7 Å². The largest absolute Gasteiger partial charge is 0.339 e. The fourth-order valence-corrected chi connectivity index (χ4v) is 2.25. The average Bonchev–Trinajstić information content (AvgIpc) is 3.06. The molecule has 1 aromatic heterocycles. The Labute approximate surface area is 119 Å². The number of halogens is 2. The third-order valence-corrected chi connectivity index (χ3v) is 3.84. The number of aromatic nitrogens is 2. The van der Waals surface area contributed by atoms with Crippen molar-refractivity contribution in [3.05, 3.63) is 45.5 Å². The molecule has 1 fully saturated rings. The van der Waals surface area contributed by atoms with E-state index in [1.54, 1.807) is 12.1 Å². The Hall–Kier alpha value is -1.57. The summed E-state index contributed by atoms with van der Waals surface area (Å²) in [5.41, 5.74) is 0.967. The third-order valence-electron chi connectivity index (χ3n) is 3.10. The summed E-state index contributed by atoms with van der Waals surface area (Å²) >= 11 is 11.8. The van der Waals surface area contributed by atoms with E-state index in [0.29, 0.717) is 28.2 Å². The number of benzene rings is 1. The lowest BCUT2D eigenvalue weighted by Crippen LogP contribution is -1.91. The van der Waals surface area contributed by atoms with E-state index in [2.05, 4.69) is 16.2 Å². The standard InChI is InChI=1S/C13H9Cl2N3O/c14-10-2-1-7(3-11(10)15)4-12-17-13(19-18-12)9-5-8(9)6-16/h1-3,8-9H,4-5H2. The summed E-state index contributed by atoms with van der Waals surface area (Å²) in [5, 5.41) is 13.7. The molecule has 1 saturated carbocycles. The molecular weight excluding hydrogens is 285 g/mol. The minimum absolute atomic E-state index is 0.0262. The molecule has 0 spiro atoms. The molecule has 0 saturated heterocycles. The molecule has 1 aliphatic carbocycles. The maximum atomic E-state index is 8.77. The van der Waals surface area contributed by atoms with Crippen molar-refractivity contribution in [3.63, 3.8) is 0 Å². The zero-order chi connectivity index (χ0) is 13.4. The molecule has 0 bridgehead atoms. The van der Waals surface area contributed by atoms with Gasteiger partial charge in [-0.3, -0.25) is 0 Å². The molecule has 0 N–H and O–H groups in total. The van der Waals surface area contributed by atoms with Gasteiger partial charge in [0.1, 0.15) is 0 Å². The maximum Gasteiger partial charge on any atom is 0.231 e. The van der Waals surface area contributed by atoms with Gasteiger partial charge in [-0.2, -0.15) is 10.2 Å². The van der Waals surface area contributed by atoms with E-state index in [4.69, 9.17) is 33.0 Å². The topological polar surface area (TPSA) is 62.7 Å². The Bertz CT molecular complexity index is 662. The Morgan fingerprint density at radius 3 is 2.89 bits per heavy atom. The highest BCUT2D eigenvalue weighted by Crippen LogP contribution is 2.46. The van der Waals surface area contributed by atoms with Crippen molar-refractivity contribution in [3.8, 4) is 6.07 Å². The molecule has 1 aliphatic rings. The van der Waals surface area contributed by atoms with Gasteiger partial charge in [-0.05, 0) is 24.1 Å². The van der Waals surface area contributed by atoms with Crippen LogP contribution in [0.3, 0.4) is 0 Å². The summed E-state index contributed by atoms with van der Waals surface area (Å²) in [6.45, 7) is 0. The summed E-state index contributed by atoms with van der Waals surface area (Å²) in [4.78, 5) is 4.31. The lowest BCUT2D eigenvalue weighted by atomic mass is 10.1. The van der Waals surface area contributed by atoms with Crippen LogP contribution in [-0.4, -0.2) is 10.1 Å². The van der Waals surface area contributed by atoms with E-state index >= 15 is 0 Å². The molecule has 2 unspecified atom stereocenters. The Kier molecular flexibility index (Phi) is 3.17. The zero-order valence-corrected chi connectivity index (χ0v) is 11.3. The molecule has 0 aliphatic heterocycles. The Morgan fingerprint density at radius 2 is 2.21 bits per heavy atom. The molecule has 19 heavy (non-hydrogen) atoms. The minimum atomic E-state index is 0.0262. The number of hydrogen-bond acceptors (Lipinski definition) is 4. The van der Waals surface area contributed by atoms with Crippen LogP contribution >= 0.6 is 23.2 Å². The van der Waals surface area contributed by atoms with Gasteiger partial charge in [0.05, 0.1) is 28.0 Å². The highest BCUT2D eigenvalue weighted by atomic mass is 35.5. The molecule has 96 valence electrons. The molecule has 2 aromatic rings. The van der Waals surface area contributed by atoms with Crippen molar-refractivity contribution in [2.45, 2.75) is 18.8 Å². The Balaban J connectivity index is 1.73. The van der Waals surface area contributed by atoms with E-state index in [1.807, 2.05) is 6.07 Å². The van der Waals surface area contributed by atoms with Crippen molar-refractivity contribution >= 4 is 23.2 Å². The predicted octanol–water partition coefficient (Wildman–Crippen LogP) is 3.59. The molecule has 4 nitrogen and oxygen atoms in total. The predicted molar refractivity (Wildman–Crippen MR) is 70.0 cm³/mol. The quantitative estimate of drug-likeness (QED) is 0.867. The average molecular weight is 294 g/mol. The van der Waals surface area contributed by atoms with Gasteiger partial charge in [0.2, 0.25) is 5.89 Å². The normalized spacial score (nSPS) is 21.1. The molecular formula is C13H9Cl2N3O. The first-order valence-corrected chi connectivity index (χ1v) is 6.59. The van der Waals surface area contributed by atoms with E-state index < -0.39 is 0 Å². The molecule has 0 amide bonds. The molecule has 2 atom stereocenters. The smallest absolute Gasteiger partial charge is 0.231 e. The molecule has 3 rings (SSSR count). The second-order valence-electron chi connectivity index (χ2n) is 4.55. The highest BCUT2D eigenvalue weighted by molar-refractivity contribution is 6.42. The van der Waals surface area contributed by atoms with Gasteiger partial charge in [0, 0.05) is 6.42 Å². The van der Waals surface area contributed by atoms with Crippen LogP contribution in [0.4, 0.5) is 0 Å². The fourth-order valence-electron chi connectivity index (χ4n) is 1.93. The van der Waals surface area contributed by atoms with E-state index in [9.17, 15) is 0 Å². The summed E-state index contributed by atoms with van der Waals surface area (Å²) in [6.07, 6.45) is 1.34. The van der Waals surface area contributed by atoms with Crippen molar-refractivity contribution in [1.82, 2.24) is 10.1 Å². The summed E-state index contributed by atoms with van der Waals surface area (Å²) in [5.74, 6) is 1.29. The number of rotatable bonds is 3. The van der Waals surface area contributed by atoms with Crippen LogP contribution in [0.5, 0.6) is 0 Å². The zero-order valence-electron chi connectivity index (χ0n) is 9.81. The minimum Gasteiger partial charge on any atom is -0.339 e. The van der Waals surface area contributed by atoms with Gasteiger partial charge in [-0.15, -0.1) is 0 Å². The van der Waals surface area contributed by atoms with Crippen LogP contribution in [0.1, 0.15) is 29.6 Å². The molecule has 0 radical (unpaired) electrons. The van der Waals surface area contributed by atoms with Crippen LogP contribution < -0.4 is 0 Å². The first-order chi connectivity index (χ1) is 9.17. The van der Waals surface area contributed by atoms with E-state index in [1.165, 1.54) is 0 Å². The Morgan fingerprint density at radius 1 is 1.37 bits per heavy atom. The fraction of sp³-hybridized carbons (Fsp3) is 0.308. The number of nitriles is 1. The van der Waals surface area contributed by atoms with Crippen LogP contribution in [-0.2, 0) is 6.42 Å². The summed E-state index contributed by atoms with van der Waals surface area (Å²) in [7, 11) is 0. The molecule has 6 heteroatoms. The lowest BCUT2D eigenvalue weighted by Gasteiger charge is -1.99. The highest BCUT2D eigenvalue weighted by Gasteiger charge is 2.43. The van der Waals surface area contributed by atoms with Crippen LogP contribution in [0, 0.1) is 17.2 Å². The van der Waals surface area contributed by atoms with Crippen molar-refractivity contribution in [2.75, 3.05) is 0 Å². The van der Waals surface area contributed by atoms with E-state index in [-0.39, 0.29) is 11.8 Å². The van der Waals surface area contributed by atoms with Crippen LogP contribution in [0.25, 0.3) is 0 Å². The monoisotopic (exact) mass is 293 g/mol. The van der Waals surface area contributed by atoms with Crippen molar-refractivity contribution < 1.29 is 4.52 Å². The molecule has 1 aromatic carbocycles. The number of hydrogen-bond donors (Lipinski definition) is 0. The summed E-state index contributed by atoms with van der Waals surface area (Å²) in [6, 6.07) is 7.60. The van der Waals surface area contributed by atoms with Gasteiger partial charge in [-0.25, -0.2) is 0 Å². The SMILES string of the molecule is N#CC1CC1c1nc(Cc2ccc(Cl)c(Cl)c2)no1. The second-order valence-corrected chi connectivity index (χ2v) is 5.37. The van der Waals surface area contributed by atoms with E-state index in [0.717, 1.165) is 12.0 Å². The van der Waals surface area contributed by atoms with Gasteiger partial charge in [-0.1, -0.05) is 34.4 Å². The van der Waals surface area contributed by atoms with Gasteiger partial charge < -0.3 is 4.52 Å². The van der Waals surface area contributed by atoms with Gasteiger partial charge >= 0.3 is 0 Å². The van der Waals surface area contributed by atoms with Gasteiger partial charge in [0.15, 0.2) is 5.82 Å². The second kappa shape index (κ2) is 4.84. The maximum absolute atomic E-state index is 8.77. The first kappa shape index (κ1) is 12.5. The van der Waals surface area contributed by atoms with Crippen molar-refractivity contribution in [1.29, 1.82) is 5.26 Å². The first-order valence-electron chi connectivity index (χ1n) is 5.83. The summed E-state index contributed by atoms with van der Waals surface area (Å²) < 4.78 is 5.18. The third kappa shape index (κ3) is 2.58. The van der Waals surface area contributed by atoms with Gasteiger partial charge in [0.25, 0.3) is 0 Å². The van der Waals surface area contributed by atoms with Crippen LogP contribution in [0.2, 0.25) is 10.0 Å². The number of nitrogens with zero attached hydrogens (tertiary/aromatic N) is 3. The van der Waals surface area contributed by atoms with Crippen molar-refractivity contribution in [2.24, 2.45) is 5.92 Å².